The monoisotopic (exact) mass is 349 g/mol. The van der Waals surface area contributed by atoms with Crippen LogP contribution in [0.5, 0.6) is 5.75 Å². The summed E-state index contributed by atoms with van der Waals surface area (Å²) in [5.41, 5.74) is 0.782. The summed E-state index contributed by atoms with van der Waals surface area (Å²) in [7, 11) is 1.54. The second kappa shape index (κ2) is 6.84. The van der Waals surface area contributed by atoms with E-state index in [1.54, 1.807) is 23.8 Å². The molecule has 0 spiro atoms. The minimum Gasteiger partial charge on any atom is -0.493 e. The summed E-state index contributed by atoms with van der Waals surface area (Å²) in [4.78, 5) is 16.3. The van der Waals surface area contributed by atoms with Crippen molar-refractivity contribution in [2.75, 3.05) is 13.7 Å². The molecule has 2 aromatic heterocycles. The van der Waals surface area contributed by atoms with Gasteiger partial charge < -0.3 is 14.5 Å². The van der Waals surface area contributed by atoms with Gasteiger partial charge in [-0.15, -0.1) is 0 Å². The van der Waals surface area contributed by atoms with E-state index in [0.717, 1.165) is 6.07 Å². The van der Waals surface area contributed by atoms with E-state index in [1.165, 1.54) is 0 Å². The Balaban J connectivity index is 1.67. The normalized spacial score (nSPS) is 10.9. The van der Waals surface area contributed by atoms with Crippen molar-refractivity contribution < 1.29 is 22.7 Å². The molecular formula is C17H14F3N3O2. The van der Waals surface area contributed by atoms with Crippen LogP contribution in [-0.2, 0) is 6.42 Å². The van der Waals surface area contributed by atoms with Gasteiger partial charge in [0, 0.05) is 25.4 Å². The Kier molecular flexibility index (Phi) is 4.60. The number of benzene rings is 1. The molecule has 8 heteroatoms. The van der Waals surface area contributed by atoms with Crippen LogP contribution < -0.4 is 10.1 Å². The van der Waals surface area contributed by atoms with E-state index in [2.05, 4.69) is 10.3 Å². The maximum atomic E-state index is 13.6. The highest BCUT2D eigenvalue weighted by Crippen LogP contribution is 2.18. The number of rotatable bonds is 5. The molecule has 130 valence electrons. The van der Waals surface area contributed by atoms with Gasteiger partial charge in [0.25, 0.3) is 5.91 Å². The van der Waals surface area contributed by atoms with E-state index in [-0.39, 0.29) is 6.54 Å². The van der Waals surface area contributed by atoms with E-state index in [1.807, 2.05) is 12.3 Å². The van der Waals surface area contributed by atoms with Crippen LogP contribution in [0, 0.1) is 17.5 Å². The summed E-state index contributed by atoms with van der Waals surface area (Å²) in [6, 6.07) is 5.20. The standard InChI is InChI=1S/C17H14F3N3O2/c1-25-13-3-2-8-23-9-10(22-16(13)23)6-7-21-17(24)11-4-5-12(18)15(20)14(11)19/h2-5,8-9H,6-7H2,1H3,(H,21,24). The Labute approximate surface area is 141 Å². The molecule has 25 heavy (non-hydrogen) atoms. The third-order valence-electron chi connectivity index (χ3n) is 3.66. The summed E-state index contributed by atoms with van der Waals surface area (Å²) in [6.07, 6.45) is 3.97. The van der Waals surface area contributed by atoms with Crippen LogP contribution in [0.25, 0.3) is 5.65 Å². The molecule has 0 aliphatic rings. The van der Waals surface area contributed by atoms with Gasteiger partial charge in [-0.25, -0.2) is 18.2 Å². The van der Waals surface area contributed by atoms with Gasteiger partial charge in [0.2, 0.25) is 0 Å². The van der Waals surface area contributed by atoms with Gasteiger partial charge in [-0.05, 0) is 24.3 Å². The maximum absolute atomic E-state index is 13.6. The topological polar surface area (TPSA) is 55.6 Å². The van der Waals surface area contributed by atoms with Gasteiger partial charge in [-0.2, -0.15) is 0 Å². The number of carbonyl (C=O) groups excluding carboxylic acids is 1. The second-order valence-electron chi connectivity index (χ2n) is 5.27. The van der Waals surface area contributed by atoms with Crippen LogP contribution >= 0.6 is 0 Å². The molecule has 0 aliphatic heterocycles. The lowest BCUT2D eigenvalue weighted by molar-refractivity contribution is 0.0948. The molecule has 0 aliphatic carbocycles. The summed E-state index contributed by atoms with van der Waals surface area (Å²) in [6.45, 7) is 0.156. The lowest BCUT2D eigenvalue weighted by Gasteiger charge is -2.06. The molecule has 0 atom stereocenters. The van der Waals surface area contributed by atoms with Crippen LogP contribution in [0.2, 0.25) is 0 Å². The summed E-state index contributed by atoms with van der Waals surface area (Å²) in [5.74, 6) is -4.72. The third kappa shape index (κ3) is 3.28. The van der Waals surface area contributed by atoms with Crippen molar-refractivity contribution in [1.82, 2.24) is 14.7 Å². The zero-order chi connectivity index (χ0) is 18.0. The molecule has 3 aromatic rings. The van der Waals surface area contributed by atoms with Crippen LogP contribution in [0.1, 0.15) is 16.1 Å². The van der Waals surface area contributed by atoms with Crippen molar-refractivity contribution in [3.63, 3.8) is 0 Å². The number of hydrogen-bond acceptors (Lipinski definition) is 3. The summed E-state index contributed by atoms with van der Waals surface area (Å²) >= 11 is 0. The highest BCUT2D eigenvalue weighted by atomic mass is 19.2. The van der Waals surface area contributed by atoms with Crippen LogP contribution in [-0.4, -0.2) is 28.9 Å². The quantitative estimate of drug-likeness (QED) is 0.721. The summed E-state index contributed by atoms with van der Waals surface area (Å²) < 4.78 is 46.6. The predicted molar refractivity (Wildman–Crippen MR) is 84.1 cm³/mol. The molecule has 0 unspecified atom stereocenters. The fraction of sp³-hybridized carbons (Fsp3) is 0.176. The fourth-order valence-electron chi connectivity index (χ4n) is 2.42. The molecule has 2 heterocycles. The minimum absolute atomic E-state index is 0.156. The van der Waals surface area contributed by atoms with Crippen molar-refractivity contribution >= 4 is 11.6 Å². The smallest absolute Gasteiger partial charge is 0.254 e. The molecule has 0 bridgehead atoms. The number of nitrogens with one attached hydrogen (secondary N) is 1. The van der Waals surface area contributed by atoms with E-state index < -0.39 is 28.9 Å². The number of carbonyl (C=O) groups is 1. The molecule has 1 amide bonds. The summed E-state index contributed by atoms with van der Waals surface area (Å²) in [5, 5.41) is 2.46. The van der Waals surface area contributed by atoms with Gasteiger partial charge in [0.1, 0.15) is 0 Å². The maximum Gasteiger partial charge on any atom is 0.254 e. The zero-order valence-electron chi connectivity index (χ0n) is 13.2. The highest BCUT2D eigenvalue weighted by molar-refractivity contribution is 5.94. The average molecular weight is 349 g/mol. The Morgan fingerprint density at radius 3 is 2.80 bits per heavy atom. The fourth-order valence-corrected chi connectivity index (χ4v) is 2.42. The number of ether oxygens (including phenoxy) is 1. The molecule has 0 radical (unpaired) electrons. The molecule has 1 aromatic carbocycles. The third-order valence-corrected chi connectivity index (χ3v) is 3.66. The minimum atomic E-state index is -1.67. The van der Waals surface area contributed by atoms with Gasteiger partial charge in [-0.3, -0.25) is 4.79 Å². The zero-order valence-corrected chi connectivity index (χ0v) is 13.2. The highest BCUT2D eigenvalue weighted by Gasteiger charge is 2.18. The average Bonchev–Trinajstić information content (AvgIpc) is 3.02. The number of methoxy groups -OCH3 is 1. The predicted octanol–water partition coefficient (Wildman–Crippen LogP) is 2.73. The van der Waals surface area contributed by atoms with Gasteiger partial charge in [0.05, 0.1) is 18.4 Å². The number of hydrogen-bond donors (Lipinski definition) is 1. The number of aromatic nitrogens is 2. The second-order valence-corrected chi connectivity index (χ2v) is 5.27. The lowest BCUT2D eigenvalue weighted by Crippen LogP contribution is -2.27. The van der Waals surface area contributed by atoms with Gasteiger partial charge in [-0.1, -0.05) is 0 Å². The van der Waals surface area contributed by atoms with Crippen LogP contribution in [0.15, 0.2) is 36.7 Å². The number of pyridine rings is 1. The molecular weight excluding hydrogens is 335 g/mol. The molecule has 0 fully saturated rings. The van der Waals surface area contributed by atoms with Crippen molar-refractivity contribution in [3.8, 4) is 5.75 Å². The first-order chi connectivity index (χ1) is 12.0. The number of nitrogens with zero attached hydrogens (tertiary/aromatic N) is 2. The Bertz CT molecular complexity index is 940. The number of imidazole rings is 1. The number of fused-ring (bicyclic) bond motifs is 1. The van der Waals surface area contributed by atoms with Crippen molar-refractivity contribution in [1.29, 1.82) is 0 Å². The molecule has 0 saturated carbocycles. The van der Waals surface area contributed by atoms with E-state index in [9.17, 15) is 18.0 Å². The van der Waals surface area contributed by atoms with Crippen molar-refractivity contribution in [2.24, 2.45) is 0 Å². The lowest BCUT2D eigenvalue weighted by atomic mass is 10.2. The molecule has 1 N–H and O–H groups in total. The van der Waals surface area contributed by atoms with E-state index in [0.29, 0.717) is 29.6 Å². The van der Waals surface area contributed by atoms with Crippen molar-refractivity contribution in [3.05, 3.63) is 65.4 Å². The van der Waals surface area contributed by atoms with Gasteiger partial charge >= 0.3 is 0 Å². The Morgan fingerprint density at radius 2 is 2.04 bits per heavy atom. The first-order valence-corrected chi connectivity index (χ1v) is 7.43. The Morgan fingerprint density at radius 1 is 1.24 bits per heavy atom. The SMILES string of the molecule is COc1cccn2cc(CCNC(=O)c3ccc(F)c(F)c3F)nc12. The first kappa shape index (κ1) is 16.8. The van der Waals surface area contributed by atoms with E-state index >= 15 is 0 Å². The van der Waals surface area contributed by atoms with E-state index in [4.69, 9.17) is 4.74 Å². The van der Waals surface area contributed by atoms with Crippen molar-refractivity contribution in [2.45, 2.75) is 6.42 Å². The molecule has 5 nitrogen and oxygen atoms in total. The number of halogens is 3. The van der Waals surface area contributed by atoms with Gasteiger partial charge in [0.15, 0.2) is 28.8 Å². The Hall–Kier alpha value is -3.03. The largest absolute Gasteiger partial charge is 0.493 e. The molecule has 3 rings (SSSR count). The number of amides is 1. The first-order valence-electron chi connectivity index (χ1n) is 7.43. The molecule has 0 saturated heterocycles. The van der Waals surface area contributed by atoms with Crippen LogP contribution in [0.3, 0.4) is 0 Å². The van der Waals surface area contributed by atoms with Crippen LogP contribution in [0.4, 0.5) is 13.2 Å².